The Labute approximate surface area is 130 Å². The highest BCUT2D eigenvalue weighted by Crippen LogP contribution is 2.37. The molecular formula is C15H16F3N3O2. The number of hydrazone groups is 1. The lowest BCUT2D eigenvalue weighted by Gasteiger charge is -2.20. The SMILES string of the molecule is O=C1NN=C(c2ccc(NC3CCCC3)c(C(F)(F)F)c2)CO1. The van der Waals surface area contributed by atoms with E-state index in [9.17, 15) is 18.0 Å². The maximum Gasteiger partial charge on any atom is 0.428 e. The van der Waals surface area contributed by atoms with Crippen molar-refractivity contribution in [3.05, 3.63) is 29.3 Å². The number of benzene rings is 1. The van der Waals surface area contributed by atoms with Gasteiger partial charge in [0.05, 0.1) is 5.56 Å². The molecule has 1 aliphatic carbocycles. The second-order valence-electron chi connectivity index (χ2n) is 5.63. The summed E-state index contributed by atoms with van der Waals surface area (Å²) in [5.41, 5.74) is 1.96. The van der Waals surface area contributed by atoms with E-state index < -0.39 is 17.8 Å². The first-order valence-electron chi connectivity index (χ1n) is 7.41. The molecular weight excluding hydrogens is 311 g/mol. The minimum absolute atomic E-state index is 0.0783. The van der Waals surface area contributed by atoms with Crippen molar-refractivity contribution in [2.24, 2.45) is 5.10 Å². The Hall–Kier alpha value is -2.25. The summed E-state index contributed by atoms with van der Waals surface area (Å²) >= 11 is 0. The molecule has 1 fully saturated rings. The Balaban J connectivity index is 1.90. The van der Waals surface area contributed by atoms with E-state index in [0.717, 1.165) is 31.7 Å². The highest BCUT2D eigenvalue weighted by molar-refractivity contribution is 6.04. The van der Waals surface area contributed by atoms with Crippen LogP contribution in [0, 0.1) is 0 Å². The largest absolute Gasteiger partial charge is 0.442 e. The molecule has 0 aromatic heterocycles. The molecule has 5 nitrogen and oxygen atoms in total. The van der Waals surface area contributed by atoms with Crippen LogP contribution in [0.15, 0.2) is 23.3 Å². The van der Waals surface area contributed by atoms with E-state index in [0.29, 0.717) is 0 Å². The Morgan fingerprint density at radius 1 is 1.26 bits per heavy atom. The van der Waals surface area contributed by atoms with E-state index in [2.05, 4.69) is 15.8 Å². The number of nitrogens with zero attached hydrogens (tertiary/aromatic N) is 1. The molecule has 0 bridgehead atoms. The molecule has 124 valence electrons. The Morgan fingerprint density at radius 2 is 2.00 bits per heavy atom. The maximum absolute atomic E-state index is 13.4. The molecule has 1 amide bonds. The van der Waals surface area contributed by atoms with Crippen molar-refractivity contribution in [2.75, 3.05) is 11.9 Å². The van der Waals surface area contributed by atoms with Gasteiger partial charge in [-0.3, -0.25) is 0 Å². The third-order valence-corrected chi connectivity index (χ3v) is 4.00. The molecule has 1 aliphatic heterocycles. The van der Waals surface area contributed by atoms with Crippen LogP contribution >= 0.6 is 0 Å². The predicted octanol–water partition coefficient (Wildman–Crippen LogP) is 3.50. The fourth-order valence-corrected chi connectivity index (χ4v) is 2.83. The van der Waals surface area contributed by atoms with E-state index >= 15 is 0 Å². The normalized spacial score (nSPS) is 19.1. The number of halogens is 3. The van der Waals surface area contributed by atoms with Crippen molar-refractivity contribution in [1.29, 1.82) is 0 Å². The van der Waals surface area contributed by atoms with E-state index in [1.807, 2.05) is 0 Å². The number of hydrogen-bond acceptors (Lipinski definition) is 4. The Morgan fingerprint density at radius 3 is 2.61 bits per heavy atom. The van der Waals surface area contributed by atoms with E-state index in [1.54, 1.807) is 6.07 Å². The number of nitrogens with one attached hydrogen (secondary N) is 2. The zero-order valence-electron chi connectivity index (χ0n) is 12.2. The summed E-state index contributed by atoms with van der Waals surface area (Å²) in [4.78, 5) is 10.9. The molecule has 8 heteroatoms. The summed E-state index contributed by atoms with van der Waals surface area (Å²) in [6, 6.07) is 4.08. The van der Waals surface area contributed by atoms with Gasteiger partial charge < -0.3 is 10.1 Å². The van der Waals surface area contributed by atoms with Gasteiger partial charge in [0.2, 0.25) is 0 Å². The van der Waals surface area contributed by atoms with E-state index in [-0.39, 0.29) is 29.6 Å². The highest BCUT2D eigenvalue weighted by Gasteiger charge is 2.35. The van der Waals surface area contributed by atoms with Crippen LogP contribution in [0.1, 0.15) is 36.8 Å². The van der Waals surface area contributed by atoms with Gasteiger partial charge in [-0.2, -0.15) is 18.3 Å². The van der Waals surface area contributed by atoms with Gasteiger partial charge in [-0.25, -0.2) is 10.2 Å². The smallest absolute Gasteiger partial charge is 0.428 e. The van der Waals surface area contributed by atoms with E-state index in [4.69, 9.17) is 4.74 Å². The fourth-order valence-electron chi connectivity index (χ4n) is 2.83. The first-order valence-corrected chi connectivity index (χ1v) is 7.41. The monoisotopic (exact) mass is 327 g/mol. The van der Waals surface area contributed by atoms with Crippen LogP contribution in [0.3, 0.4) is 0 Å². The third kappa shape index (κ3) is 3.57. The van der Waals surface area contributed by atoms with Crippen molar-refractivity contribution < 1.29 is 22.7 Å². The van der Waals surface area contributed by atoms with Crippen LogP contribution in [-0.2, 0) is 10.9 Å². The van der Waals surface area contributed by atoms with Gasteiger partial charge in [0.1, 0.15) is 12.3 Å². The van der Waals surface area contributed by atoms with Crippen LogP contribution in [0.25, 0.3) is 0 Å². The van der Waals surface area contributed by atoms with Crippen LogP contribution in [0.4, 0.5) is 23.7 Å². The van der Waals surface area contributed by atoms with Gasteiger partial charge in [0.25, 0.3) is 0 Å². The van der Waals surface area contributed by atoms with Crippen molar-refractivity contribution in [2.45, 2.75) is 37.9 Å². The van der Waals surface area contributed by atoms with Gasteiger partial charge in [-0.05, 0) is 25.0 Å². The number of carbonyl (C=O) groups is 1. The summed E-state index contributed by atoms with van der Waals surface area (Å²) in [5, 5.41) is 6.73. The number of carbonyl (C=O) groups excluding carboxylic acids is 1. The van der Waals surface area contributed by atoms with Crippen LogP contribution in [0.5, 0.6) is 0 Å². The molecule has 1 aromatic rings. The molecule has 0 saturated heterocycles. The van der Waals surface area contributed by atoms with Crippen molar-refractivity contribution in [3.63, 3.8) is 0 Å². The highest BCUT2D eigenvalue weighted by atomic mass is 19.4. The maximum atomic E-state index is 13.4. The van der Waals surface area contributed by atoms with E-state index in [1.165, 1.54) is 6.07 Å². The minimum Gasteiger partial charge on any atom is -0.442 e. The lowest BCUT2D eigenvalue weighted by molar-refractivity contribution is -0.137. The fraction of sp³-hybridized carbons (Fsp3) is 0.467. The summed E-state index contributed by atoms with van der Waals surface area (Å²) in [5.74, 6) is 0. The van der Waals surface area contributed by atoms with Gasteiger partial charge in [0, 0.05) is 17.3 Å². The topological polar surface area (TPSA) is 62.7 Å². The van der Waals surface area contributed by atoms with Crippen LogP contribution < -0.4 is 10.7 Å². The zero-order chi connectivity index (χ0) is 16.4. The summed E-state index contributed by atoms with van der Waals surface area (Å²) in [6.45, 7) is -0.154. The molecule has 1 heterocycles. The summed E-state index contributed by atoms with van der Waals surface area (Å²) in [7, 11) is 0. The van der Waals surface area contributed by atoms with Crippen LogP contribution in [-0.4, -0.2) is 24.5 Å². The lowest BCUT2D eigenvalue weighted by atomic mass is 10.0. The molecule has 2 aliphatic rings. The molecule has 1 aromatic carbocycles. The summed E-state index contributed by atoms with van der Waals surface area (Å²) < 4.78 is 44.8. The van der Waals surface area contributed by atoms with Crippen LogP contribution in [0.2, 0.25) is 0 Å². The third-order valence-electron chi connectivity index (χ3n) is 4.00. The molecule has 0 radical (unpaired) electrons. The molecule has 2 N–H and O–H groups in total. The standard InChI is InChI=1S/C15H16F3N3O2/c16-15(17,18)11-7-9(13-8-23-14(22)21-20-13)5-6-12(11)19-10-3-1-2-4-10/h5-7,10,19H,1-4,8H2,(H,21,22). The quantitative estimate of drug-likeness (QED) is 0.893. The first kappa shape index (κ1) is 15.6. The minimum atomic E-state index is -4.48. The lowest BCUT2D eigenvalue weighted by Crippen LogP contribution is -2.31. The number of alkyl halides is 3. The van der Waals surface area contributed by atoms with Crippen molar-refractivity contribution in [3.8, 4) is 0 Å². The average Bonchev–Trinajstić information content (AvgIpc) is 3.00. The van der Waals surface area contributed by atoms with Crippen molar-refractivity contribution in [1.82, 2.24) is 5.43 Å². The molecule has 0 atom stereocenters. The first-order chi connectivity index (χ1) is 10.9. The van der Waals surface area contributed by atoms with Gasteiger partial charge >= 0.3 is 12.3 Å². The number of amides is 1. The molecule has 0 spiro atoms. The summed E-state index contributed by atoms with van der Waals surface area (Å²) in [6.07, 6.45) is -1.37. The van der Waals surface area contributed by atoms with Crippen molar-refractivity contribution >= 4 is 17.5 Å². The number of ether oxygens (including phenoxy) is 1. The molecule has 0 unspecified atom stereocenters. The second-order valence-corrected chi connectivity index (χ2v) is 5.63. The number of hydrogen-bond donors (Lipinski definition) is 2. The van der Waals surface area contributed by atoms with Gasteiger partial charge in [-0.15, -0.1) is 0 Å². The molecule has 3 rings (SSSR count). The van der Waals surface area contributed by atoms with Gasteiger partial charge in [-0.1, -0.05) is 18.9 Å². The average molecular weight is 327 g/mol. The Bertz CT molecular complexity index is 637. The zero-order valence-corrected chi connectivity index (χ0v) is 12.2. The predicted molar refractivity (Wildman–Crippen MR) is 78.3 cm³/mol. The second kappa shape index (κ2) is 6.10. The number of rotatable bonds is 3. The number of anilines is 1. The number of cyclic esters (lactones) is 1. The Kier molecular flexibility index (Phi) is 4.14. The molecule has 1 saturated carbocycles. The molecule has 23 heavy (non-hydrogen) atoms. The van der Waals surface area contributed by atoms with Gasteiger partial charge in [0.15, 0.2) is 0 Å².